The Morgan fingerprint density at radius 2 is 2.04 bits per heavy atom. The Morgan fingerprint density at radius 3 is 2.75 bits per heavy atom. The molecule has 1 heterocycles. The lowest BCUT2D eigenvalue weighted by molar-refractivity contribution is -0.117. The molecule has 0 fully saturated rings. The van der Waals surface area contributed by atoms with E-state index in [1.54, 1.807) is 36.4 Å². The van der Waals surface area contributed by atoms with Crippen molar-refractivity contribution < 1.29 is 23.5 Å². The lowest BCUT2D eigenvalue weighted by atomic mass is 10.1. The number of furan rings is 1. The van der Waals surface area contributed by atoms with Crippen LogP contribution in [0.5, 0.6) is 0 Å². The molecule has 7 nitrogen and oxygen atoms in total. The average Bonchev–Trinajstić information content (AvgIpc) is 3.19. The highest BCUT2D eigenvalue weighted by molar-refractivity contribution is 6.01. The van der Waals surface area contributed by atoms with Crippen LogP contribution >= 0.6 is 0 Å². The van der Waals surface area contributed by atoms with Crippen LogP contribution in [0.4, 0.5) is 0 Å². The molecule has 1 aromatic carbocycles. The maximum Gasteiger partial charge on any atom is 0.338 e. The first-order valence-corrected chi connectivity index (χ1v) is 8.86. The number of benzene rings is 1. The molecule has 1 amide bonds. The molecule has 0 aliphatic carbocycles. The molecule has 0 bridgehead atoms. The van der Waals surface area contributed by atoms with Crippen molar-refractivity contribution in [1.82, 2.24) is 5.32 Å². The summed E-state index contributed by atoms with van der Waals surface area (Å²) in [6, 6.07) is 12.0. The first kappa shape index (κ1) is 20.9. The number of carbonyl (C=O) groups is 2. The van der Waals surface area contributed by atoms with Crippen LogP contribution in [-0.4, -0.2) is 38.7 Å². The van der Waals surface area contributed by atoms with Crippen molar-refractivity contribution >= 4 is 18.0 Å². The summed E-state index contributed by atoms with van der Waals surface area (Å²) in [7, 11) is 1.31. The van der Waals surface area contributed by atoms with Crippen LogP contribution in [0.15, 0.2) is 46.4 Å². The second kappa shape index (κ2) is 10.7. The highest BCUT2D eigenvalue weighted by Gasteiger charge is 2.16. The van der Waals surface area contributed by atoms with Crippen molar-refractivity contribution in [3.8, 4) is 17.4 Å². The molecule has 1 N–H and O–H groups in total. The smallest absolute Gasteiger partial charge is 0.338 e. The highest BCUT2D eigenvalue weighted by Crippen LogP contribution is 2.27. The fraction of sp³-hybridized carbons (Fsp3) is 0.286. The third-order valence-corrected chi connectivity index (χ3v) is 3.83. The van der Waals surface area contributed by atoms with E-state index < -0.39 is 11.9 Å². The molecule has 7 heteroatoms. The van der Waals surface area contributed by atoms with Crippen LogP contribution in [0.3, 0.4) is 0 Å². The largest absolute Gasteiger partial charge is 0.465 e. The van der Waals surface area contributed by atoms with Gasteiger partial charge in [-0.15, -0.1) is 0 Å². The van der Waals surface area contributed by atoms with E-state index in [0.717, 1.165) is 0 Å². The summed E-state index contributed by atoms with van der Waals surface area (Å²) < 4.78 is 15.7. The van der Waals surface area contributed by atoms with Gasteiger partial charge in [0, 0.05) is 31.4 Å². The minimum Gasteiger partial charge on any atom is -0.465 e. The van der Waals surface area contributed by atoms with Crippen molar-refractivity contribution in [3.63, 3.8) is 0 Å². The third kappa shape index (κ3) is 5.56. The Bertz CT molecular complexity index is 892. The lowest BCUT2D eigenvalue weighted by Crippen LogP contribution is -2.26. The van der Waals surface area contributed by atoms with E-state index >= 15 is 0 Å². The van der Waals surface area contributed by atoms with Gasteiger partial charge in [-0.25, -0.2) is 4.79 Å². The van der Waals surface area contributed by atoms with E-state index in [4.69, 9.17) is 13.9 Å². The Morgan fingerprint density at radius 1 is 1.25 bits per heavy atom. The molecule has 0 unspecified atom stereocenters. The predicted molar refractivity (Wildman–Crippen MR) is 103 cm³/mol. The monoisotopic (exact) mass is 382 g/mol. The Hall–Kier alpha value is -3.37. The number of amides is 1. The molecule has 146 valence electrons. The van der Waals surface area contributed by atoms with Gasteiger partial charge >= 0.3 is 5.97 Å². The second-order valence-corrected chi connectivity index (χ2v) is 5.72. The van der Waals surface area contributed by atoms with E-state index in [1.165, 1.54) is 13.2 Å². The number of nitriles is 1. The first-order chi connectivity index (χ1) is 13.6. The van der Waals surface area contributed by atoms with E-state index in [1.807, 2.05) is 13.0 Å². The number of esters is 1. The molecule has 1 aromatic heterocycles. The standard InChI is InChI=1S/C21H22N2O5/c1-3-27-12-6-11-23-20(24)15(14-22)13-16-9-10-19(28-16)17-7-4-5-8-18(17)21(25)26-2/h4-5,7-10,13H,3,6,11-12H2,1-2H3,(H,23,24)/b15-13+. The van der Waals surface area contributed by atoms with Gasteiger partial charge in [-0.05, 0) is 31.5 Å². The number of nitrogens with one attached hydrogen (secondary N) is 1. The third-order valence-electron chi connectivity index (χ3n) is 3.83. The van der Waals surface area contributed by atoms with Gasteiger partial charge in [0.1, 0.15) is 23.2 Å². The first-order valence-electron chi connectivity index (χ1n) is 8.86. The Balaban J connectivity index is 2.13. The fourth-order valence-corrected chi connectivity index (χ4v) is 2.47. The molecule has 2 aromatic rings. The zero-order valence-electron chi connectivity index (χ0n) is 15.9. The van der Waals surface area contributed by atoms with Gasteiger partial charge in [0.25, 0.3) is 5.91 Å². The molecule has 2 rings (SSSR count). The minimum absolute atomic E-state index is 0.0708. The van der Waals surface area contributed by atoms with Gasteiger partial charge in [0.05, 0.1) is 12.7 Å². The maximum atomic E-state index is 12.1. The van der Waals surface area contributed by atoms with Gasteiger partial charge < -0.3 is 19.2 Å². The van der Waals surface area contributed by atoms with E-state index in [0.29, 0.717) is 48.8 Å². The zero-order valence-corrected chi connectivity index (χ0v) is 15.9. The molecule has 0 spiro atoms. The Labute approximate surface area is 163 Å². The summed E-state index contributed by atoms with van der Waals surface area (Å²) in [6.45, 7) is 3.48. The molecular formula is C21H22N2O5. The topological polar surface area (TPSA) is 102 Å². The van der Waals surface area contributed by atoms with Gasteiger partial charge in [0.2, 0.25) is 0 Å². The van der Waals surface area contributed by atoms with Crippen LogP contribution in [0.1, 0.15) is 29.5 Å². The van der Waals surface area contributed by atoms with Crippen LogP contribution < -0.4 is 5.32 Å². The molecule has 28 heavy (non-hydrogen) atoms. The molecule has 0 aliphatic heterocycles. The number of carbonyl (C=O) groups excluding carboxylic acids is 2. The van der Waals surface area contributed by atoms with E-state index in [-0.39, 0.29) is 5.57 Å². The van der Waals surface area contributed by atoms with E-state index in [9.17, 15) is 14.9 Å². The van der Waals surface area contributed by atoms with Crippen molar-refractivity contribution in [3.05, 3.63) is 53.3 Å². The maximum absolute atomic E-state index is 12.1. The molecule has 0 radical (unpaired) electrons. The summed E-state index contributed by atoms with van der Waals surface area (Å²) in [4.78, 5) is 24.0. The zero-order chi connectivity index (χ0) is 20.4. The average molecular weight is 382 g/mol. The van der Waals surface area contributed by atoms with Crippen LogP contribution in [0, 0.1) is 11.3 Å². The van der Waals surface area contributed by atoms with Crippen molar-refractivity contribution in [2.45, 2.75) is 13.3 Å². The molecular weight excluding hydrogens is 360 g/mol. The van der Waals surface area contributed by atoms with Crippen LogP contribution in [-0.2, 0) is 14.3 Å². The fourth-order valence-electron chi connectivity index (χ4n) is 2.47. The van der Waals surface area contributed by atoms with Gasteiger partial charge in [-0.3, -0.25) is 4.79 Å². The number of hydrogen-bond acceptors (Lipinski definition) is 6. The Kier molecular flexibility index (Phi) is 8.00. The summed E-state index contributed by atoms with van der Waals surface area (Å²) in [5.41, 5.74) is 0.855. The van der Waals surface area contributed by atoms with Gasteiger partial charge in [-0.1, -0.05) is 18.2 Å². The summed E-state index contributed by atoms with van der Waals surface area (Å²) >= 11 is 0. The van der Waals surface area contributed by atoms with Crippen molar-refractivity contribution in [1.29, 1.82) is 5.26 Å². The lowest BCUT2D eigenvalue weighted by Gasteiger charge is -2.05. The number of nitrogens with zero attached hydrogens (tertiary/aromatic N) is 1. The summed E-state index contributed by atoms with van der Waals surface area (Å²) in [6.07, 6.45) is 2.02. The summed E-state index contributed by atoms with van der Waals surface area (Å²) in [5, 5.41) is 11.9. The van der Waals surface area contributed by atoms with Gasteiger partial charge in [0.15, 0.2) is 0 Å². The van der Waals surface area contributed by atoms with Crippen molar-refractivity contribution in [2.24, 2.45) is 0 Å². The SMILES string of the molecule is CCOCCCNC(=O)/C(C#N)=C/c1ccc(-c2ccccc2C(=O)OC)o1. The number of ether oxygens (including phenoxy) is 2. The van der Waals surface area contributed by atoms with E-state index in [2.05, 4.69) is 5.32 Å². The number of hydrogen-bond donors (Lipinski definition) is 1. The van der Waals surface area contributed by atoms with Crippen molar-refractivity contribution in [2.75, 3.05) is 26.9 Å². The summed E-state index contributed by atoms with van der Waals surface area (Å²) in [5.74, 6) is -0.197. The molecule has 0 saturated carbocycles. The van der Waals surface area contributed by atoms with Gasteiger partial charge in [-0.2, -0.15) is 5.26 Å². The minimum atomic E-state index is -0.480. The molecule has 0 atom stereocenters. The van der Waals surface area contributed by atoms with Crippen LogP contribution in [0.25, 0.3) is 17.4 Å². The molecule has 0 saturated heterocycles. The molecule has 0 aliphatic rings. The normalized spacial score (nSPS) is 11.0. The number of methoxy groups -OCH3 is 1. The number of rotatable bonds is 9. The second-order valence-electron chi connectivity index (χ2n) is 5.72. The van der Waals surface area contributed by atoms with Crippen LogP contribution in [0.2, 0.25) is 0 Å². The quantitative estimate of drug-likeness (QED) is 0.309. The predicted octanol–water partition coefficient (Wildman–Crippen LogP) is 3.18. The highest BCUT2D eigenvalue weighted by atomic mass is 16.5.